The molecule has 3 nitrogen and oxygen atoms in total. The lowest BCUT2D eigenvalue weighted by Crippen LogP contribution is -2.32. The lowest BCUT2D eigenvalue weighted by atomic mass is 9.64. The van der Waals surface area contributed by atoms with Gasteiger partial charge in [0.25, 0.3) is 0 Å². The van der Waals surface area contributed by atoms with Crippen molar-refractivity contribution >= 4 is 0 Å². The van der Waals surface area contributed by atoms with E-state index in [1.54, 1.807) is 12.4 Å². The van der Waals surface area contributed by atoms with Gasteiger partial charge in [0.1, 0.15) is 0 Å². The highest BCUT2D eigenvalue weighted by atomic mass is 16.5. The molecule has 2 aliphatic carbocycles. The average molecular weight is 343 g/mol. The molecule has 3 heteroatoms. The summed E-state index contributed by atoms with van der Waals surface area (Å²) >= 11 is 0. The maximum atomic E-state index is 11.0. The third-order valence-corrected chi connectivity index (χ3v) is 5.85. The standard InChI is InChI=1S/C23H21NO2/c25-22-18-7-3-1-5-16(18)21-13-20(22)17-6-2-4-8-19(17)23(21)26-14-15-9-11-24-12-10-15/h1-12,20-23,25H,13-14H2/t20-,21-,22-,23-/m1/s1. The third-order valence-electron chi connectivity index (χ3n) is 5.85. The Balaban J connectivity index is 1.56. The van der Waals surface area contributed by atoms with Crippen molar-refractivity contribution in [1.82, 2.24) is 4.98 Å². The minimum atomic E-state index is -0.440. The number of pyridine rings is 1. The second-order valence-corrected chi connectivity index (χ2v) is 7.24. The first-order chi connectivity index (χ1) is 12.8. The van der Waals surface area contributed by atoms with Crippen molar-refractivity contribution in [2.45, 2.75) is 37.1 Å². The van der Waals surface area contributed by atoms with Crippen molar-refractivity contribution in [3.63, 3.8) is 0 Å². The number of aromatic nitrogens is 1. The van der Waals surface area contributed by atoms with Crippen LogP contribution in [0.2, 0.25) is 0 Å². The minimum Gasteiger partial charge on any atom is -0.388 e. The van der Waals surface area contributed by atoms with Crippen molar-refractivity contribution in [2.24, 2.45) is 0 Å². The Morgan fingerprint density at radius 1 is 0.808 bits per heavy atom. The molecule has 0 aliphatic heterocycles. The van der Waals surface area contributed by atoms with E-state index < -0.39 is 6.10 Å². The largest absolute Gasteiger partial charge is 0.388 e. The molecule has 0 saturated heterocycles. The number of hydrogen-bond acceptors (Lipinski definition) is 3. The highest BCUT2D eigenvalue weighted by Gasteiger charge is 2.44. The number of aliphatic hydroxyl groups excluding tert-OH is 1. The van der Waals surface area contributed by atoms with Gasteiger partial charge in [-0.2, -0.15) is 0 Å². The molecule has 1 aromatic heterocycles. The van der Waals surface area contributed by atoms with E-state index in [1.165, 1.54) is 16.7 Å². The van der Waals surface area contributed by atoms with E-state index in [9.17, 15) is 5.11 Å². The monoisotopic (exact) mass is 343 g/mol. The van der Waals surface area contributed by atoms with Gasteiger partial charge in [0.05, 0.1) is 18.8 Å². The van der Waals surface area contributed by atoms with Gasteiger partial charge in [-0.1, -0.05) is 48.5 Å². The van der Waals surface area contributed by atoms with Crippen LogP contribution in [0.15, 0.2) is 73.1 Å². The van der Waals surface area contributed by atoms with Crippen LogP contribution in [0.4, 0.5) is 0 Å². The number of hydrogen-bond donors (Lipinski definition) is 1. The summed E-state index contributed by atoms with van der Waals surface area (Å²) in [6.07, 6.45) is 4.09. The first kappa shape index (κ1) is 15.7. The molecule has 2 bridgehead atoms. The predicted molar refractivity (Wildman–Crippen MR) is 99.7 cm³/mol. The normalized spacial score (nSPS) is 26.0. The fourth-order valence-electron chi connectivity index (χ4n) is 4.64. The Bertz CT molecular complexity index is 924. The van der Waals surface area contributed by atoms with Crippen LogP contribution >= 0.6 is 0 Å². The quantitative estimate of drug-likeness (QED) is 0.752. The Morgan fingerprint density at radius 2 is 1.42 bits per heavy atom. The van der Waals surface area contributed by atoms with Crippen LogP contribution in [0, 0.1) is 0 Å². The first-order valence-electron chi connectivity index (χ1n) is 9.19. The highest BCUT2D eigenvalue weighted by molar-refractivity contribution is 5.47. The SMILES string of the molecule is O[C@@H]1c2ccccc2[C@H]2C[C@@H]1c1ccccc1[C@H]2OCc1ccncc1. The number of ether oxygens (including phenoxy) is 1. The summed E-state index contributed by atoms with van der Waals surface area (Å²) in [7, 11) is 0. The molecule has 26 heavy (non-hydrogen) atoms. The number of benzene rings is 2. The topological polar surface area (TPSA) is 42.4 Å². The molecule has 0 amide bonds. The molecule has 1 heterocycles. The Labute approximate surface area is 153 Å². The summed E-state index contributed by atoms with van der Waals surface area (Å²) in [5.41, 5.74) is 5.86. The van der Waals surface area contributed by atoms with Crippen LogP contribution in [0.1, 0.15) is 58.3 Å². The Hall–Kier alpha value is -2.49. The van der Waals surface area contributed by atoms with E-state index in [4.69, 9.17) is 4.74 Å². The highest BCUT2D eigenvalue weighted by Crippen LogP contribution is 2.56. The summed E-state index contributed by atoms with van der Waals surface area (Å²) < 4.78 is 6.46. The Morgan fingerprint density at radius 3 is 2.15 bits per heavy atom. The van der Waals surface area contributed by atoms with Gasteiger partial charge in [0.15, 0.2) is 0 Å². The zero-order chi connectivity index (χ0) is 17.5. The number of rotatable bonds is 3. The van der Waals surface area contributed by atoms with Crippen molar-refractivity contribution < 1.29 is 9.84 Å². The molecule has 0 radical (unpaired) electrons. The maximum Gasteiger partial charge on any atom is 0.0901 e. The van der Waals surface area contributed by atoms with Gasteiger partial charge in [0.2, 0.25) is 0 Å². The van der Waals surface area contributed by atoms with E-state index >= 15 is 0 Å². The van der Waals surface area contributed by atoms with Crippen molar-refractivity contribution in [3.8, 4) is 0 Å². The second kappa shape index (κ2) is 6.35. The molecule has 2 aliphatic rings. The molecule has 3 aromatic rings. The molecule has 1 N–H and O–H groups in total. The summed E-state index contributed by atoms with van der Waals surface area (Å²) in [5.74, 6) is 0.420. The van der Waals surface area contributed by atoms with Crippen molar-refractivity contribution in [2.75, 3.05) is 0 Å². The Kier molecular flexibility index (Phi) is 3.84. The van der Waals surface area contributed by atoms with E-state index in [-0.39, 0.29) is 17.9 Å². The van der Waals surface area contributed by atoms with Gasteiger partial charge in [-0.15, -0.1) is 0 Å². The first-order valence-corrected chi connectivity index (χ1v) is 9.19. The van der Waals surface area contributed by atoms with Crippen LogP contribution in [-0.2, 0) is 11.3 Å². The number of fused-ring (bicyclic) bond motifs is 6. The summed E-state index contributed by atoms with van der Waals surface area (Å²) in [6.45, 7) is 0.563. The van der Waals surface area contributed by atoms with Crippen molar-refractivity contribution in [3.05, 3.63) is 101 Å². The van der Waals surface area contributed by atoms with E-state index in [2.05, 4.69) is 47.4 Å². The second-order valence-electron chi connectivity index (χ2n) is 7.24. The smallest absolute Gasteiger partial charge is 0.0901 e. The maximum absolute atomic E-state index is 11.0. The van der Waals surface area contributed by atoms with Crippen LogP contribution in [0.3, 0.4) is 0 Å². The molecule has 0 fully saturated rings. The van der Waals surface area contributed by atoms with E-state index in [1.807, 2.05) is 18.2 Å². The average Bonchev–Trinajstić information content (AvgIpc) is 2.71. The van der Waals surface area contributed by atoms with Crippen LogP contribution in [0.5, 0.6) is 0 Å². The van der Waals surface area contributed by atoms with Gasteiger partial charge in [0, 0.05) is 24.2 Å². The molecular formula is C23H21NO2. The number of aliphatic hydroxyl groups is 1. The third kappa shape index (κ3) is 2.47. The molecule has 2 aromatic carbocycles. The summed E-state index contributed by atoms with van der Waals surface area (Å²) in [5, 5.41) is 11.0. The molecule has 4 atom stereocenters. The van der Waals surface area contributed by atoms with Gasteiger partial charge in [-0.3, -0.25) is 4.98 Å². The summed E-state index contributed by atoms with van der Waals surface area (Å²) in [4.78, 5) is 4.08. The van der Waals surface area contributed by atoms with Gasteiger partial charge >= 0.3 is 0 Å². The van der Waals surface area contributed by atoms with Gasteiger partial charge in [-0.25, -0.2) is 0 Å². The van der Waals surface area contributed by atoms with Gasteiger partial charge < -0.3 is 9.84 Å². The van der Waals surface area contributed by atoms with E-state index in [0.717, 1.165) is 17.5 Å². The van der Waals surface area contributed by atoms with Gasteiger partial charge in [-0.05, 0) is 46.4 Å². The molecule has 0 saturated carbocycles. The summed E-state index contributed by atoms with van der Waals surface area (Å²) in [6, 6.07) is 20.7. The molecular weight excluding hydrogens is 322 g/mol. The van der Waals surface area contributed by atoms with Crippen LogP contribution in [0.25, 0.3) is 0 Å². The molecule has 0 spiro atoms. The van der Waals surface area contributed by atoms with Crippen molar-refractivity contribution in [1.29, 1.82) is 0 Å². The van der Waals surface area contributed by atoms with Crippen LogP contribution in [-0.4, -0.2) is 10.1 Å². The molecule has 5 rings (SSSR count). The zero-order valence-corrected chi connectivity index (χ0v) is 14.5. The number of nitrogens with zero attached hydrogens (tertiary/aromatic N) is 1. The van der Waals surface area contributed by atoms with E-state index in [0.29, 0.717) is 6.61 Å². The minimum absolute atomic E-state index is 0.00395. The fourth-order valence-corrected chi connectivity index (χ4v) is 4.64. The predicted octanol–water partition coefficient (Wildman–Crippen LogP) is 4.66. The molecule has 0 unspecified atom stereocenters. The lowest BCUT2D eigenvalue weighted by molar-refractivity contribution is -0.00475. The fraction of sp³-hybridized carbons (Fsp3) is 0.261. The zero-order valence-electron chi connectivity index (χ0n) is 14.5. The van der Waals surface area contributed by atoms with Crippen LogP contribution < -0.4 is 0 Å². The molecule has 130 valence electrons. The lowest BCUT2D eigenvalue weighted by Gasteiger charge is -2.45.